The van der Waals surface area contributed by atoms with Crippen molar-refractivity contribution in [1.82, 2.24) is 0 Å². The summed E-state index contributed by atoms with van der Waals surface area (Å²) in [7, 11) is 0. The topological polar surface area (TPSA) is 56.5 Å². The Hall–Kier alpha value is -2.88. The summed E-state index contributed by atoms with van der Waals surface area (Å²) in [5.41, 5.74) is 1.62. The van der Waals surface area contributed by atoms with Crippen molar-refractivity contribution >= 4 is 16.8 Å². The second kappa shape index (κ2) is 6.71. The van der Waals surface area contributed by atoms with Gasteiger partial charge < -0.3 is 9.15 Å². The van der Waals surface area contributed by atoms with E-state index in [1.807, 2.05) is 31.2 Å². The summed E-state index contributed by atoms with van der Waals surface area (Å²) >= 11 is 0. The van der Waals surface area contributed by atoms with Crippen LogP contribution in [0.4, 0.5) is 0 Å². The van der Waals surface area contributed by atoms with Gasteiger partial charge in [-0.3, -0.25) is 4.79 Å². The monoisotopic (exact) mass is 322 g/mol. The quantitative estimate of drug-likeness (QED) is 0.526. The van der Waals surface area contributed by atoms with Crippen LogP contribution < -0.4 is 10.4 Å². The van der Waals surface area contributed by atoms with Crippen molar-refractivity contribution in [3.05, 3.63) is 76.1 Å². The van der Waals surface area contributed by atoms with Gasteiger partial charge in [0.05, 0.1) is 0 Å². The molecule has 0 saturated heterocycles. The highest BCUT2D eigenvalue weighted by Gasteiger charge is 2.17. The summed E-state index contributed by atoms with van der Waals surface area (Å²) in [5.74, 6) is 0.398. The van der Waals surface area contributed by atoms with Crippen molar-refractivity contribution in [3.63, 3.8) is 0 Å². The highest BCUT2D eigenvalue weighted by Crippen LogP contribution is 2.24. The first-order valence-electron chi connectivity index (χ1n) is 7.91. The average Bonchev–Trinajstić information content (AvgIpc) is 2.60. The molecule has 0 bridgehead atoms. The minimum atomic E-state index is -0.633. The molecule has 3 aromatic rings. The molecule has 0 aliphatic rings. The van der Waals surface area contributed by atoms with Gasteiger partial charge in [0.1, 0.15) is 11.3 Å². The van der Waals surface area contributed by atoms with Crippen LogP contribution in [0.5, 0.6) is 5.75 Å². The lowest BCUT2D eigenvalue weighted by atomic mass is 10.1. The van der Waals surface area contributed by atoms with E-state index in [-0.39, 0.29) is 11.4 Å². The smallest absolute Gasteiger partial charge is 0.336 e. The molecule has 2 aromatic carbocycles. The molecule has 0 amide bonds. The Morgan fingerprint density at radius 3 is 2.58 bits per heavy atom. The summed E-state index contributed by atoms with van der Waals surface area (Å²) < 4.78 is 11.0. The van der Waals surface area contributed by atoms with Gasteiger partial charge in [-0.25, -0.2) is 4.79 Å². The largest absolute Gasteiger partial charge is 0.482 e. The van der Waals surface area contributed by atoms with Crippen LogP contribution in [0.25, 0.3) is 11.0 Å². The van der Waals surface area contributed by atoms with E-state index in [4.69, 9.17) is 9.15 Å². The lowest BCUT2D eigenvalue weighted by Gasteiger charge is -2.14. The molecular weight excluding hydrogens is 304 g/mol. The minimum Gasteiger partial charge on any atom is -0.482 e. The SMILES string of the molecule is CCc1cc(=O)oc2cc(O[C@@H](C)C(=O)c3ccccc3)ccc12. The van der Waals surface area contributed by atoms with Gasteiger partial charge in [-0.1, -0.05) is 37.3 Å². The van der Waals surface area contributed by atoms with Crippen molar-refractivity contribution in [2.75, 3.05) is 0 Å². The molecule has 0 spiro atoms. The molecule has 0 saturated carbocycles. The average molecular weight is 322 g/mol. The Bertz CT molecular complexity index is 925. The van der Waals surface area contributed by atoms with Crippen LogP contribution >= 0.6 is 0 Å². The number of carbonyl (C=O) groups is 1. The van der Waals surface area contributed by atoms with Crippen molar-refractivity contribution in [1.29, 1.82) is 0 Å². The zero-order chi connectivity index (χ0) is 17.1. The molecule has 1 atom stereocenters. The summed E-state index contributed by atoms with van der Waals surface area (Å²) in [5, 5.41) is 0.881. The van der Waals surface area contributed by atoms with Crippen LogP contribution in [0.2, 0.25) is 0 Å². The Labute approximate surface area is 139 Å². The first-order chi connectivity index (χ1) is 11.6. The zero-order valence-corrected chi connectivity index (χ0v) is 13.6. The van der Waals surface area contributed by atoms with Crippen LogP contribution in [0.3, 0.4) is 0 Å². The van der Waals surface area contributed by atoms with Crippen LogP contribution in [-0.2, 0) is 6.42 Å². The minimum absolute atomic E-state index is 0.0977. The molecule has 0 radical (unpaired) electrons. The first kappa shape index (κ1) is 16.0. The second-order valence-corrected chi connectivity index (χ2v) is 5.59. The fourth-order valence-corrected chi connectivity index (χ4v) is 2.67. The van der Waals surface area contributed by atoms with E-state index in [0.29, 0.717) is 16.9 Å². The van der Waals surface area contributed by atoms with Crippen LogP contribution in [0.15, 0.2) is 63.8 Å². The van der Waals surface area contributed by atoms with Crippen molar-refractivity contribution < 1.29 is 13.9 Å². The van der Waals surface area contributed by atoms with E-state index >= 15 is 0 Å². The number of ketones is 1. The number of rotatable bonds is 5. The fraction of sp³-hybridized carbons (Fsp3) is 0.200. The first-order valence-corrected chi connectivity index (χ1v) is 7.91. The second-order valence-electron chi connectivity index (χ2n) is 5.59. The predicted molar refractivity (Wildman–Crippen MR) is 92.7 cm³/mol. The van der Waals surface area contributed by atoms with E-state index < -0.39 is 6.10 Å². The molecule has 4 heteroatoms. The van der Waals surface area contributed by atoms with Gasteiger partial charge in [-0.2, -0.15) is 0 Å². The van der Waals surface area contributed by atoms with Crippen LogP contribution in [-0.4, -0.2) is 11.9 Å². The Balaban J connectivity index is 1.87. The van der Waals surface area contributed by atoms with Crippen LogP contribution in [0.1, 0.15) is 29.8 Å². The van der Waals surface area contributed by atoms with Gasteiger partial charge >= 0.3 is 5.63 Å². The summed E-state index contributed by atoms with van der Waals surface area (Å²) in [6.07, 6.45) is 0.108. The normalized spacial score (nSPS) is 12.1. The van der Waals surface area contributed by atoms with E-state index in [0.717, 1.165) is 17.4 Å². The van der Waals surface area contributed by atoms with E-state index in [1.165, 1.54) is 6.07 Å². The molecule has 24 heavy (non-hydrogen) atoms. The third-order valence-corrected chi connectivity index (χ3v) is 3.92. The number of hydrogen-bond acceptors (Lipinski definition) is 4. The molecule has 3 rings (SSSR count). The summed E-state index contributed by atoms with van der Waals surface area (Å²) in [6, 6.07) is 15.8. The van der Waals surface area contributed by atoms with Gasteiger partial charge in [0.2, 0.25) is 5.78 Å². The van der Waals surface area contributed by atoms with Gasteiger partial charge in [-0.05, 0) is 31.0 Å². The maximum absolute atomic E-state index is 12.4. The van der Waals surface area contributed by atoms with Crippen LogP contribution in [0, 0.1) is 0 Å². The number of carbonyl (C=O) groups excluding carboxylic acids is 1. The number of benzene rings is 2. The standard InChI is InChI=1S/C20H18O4/c1-3-14-11-19(21)24-18-12-16(9-10-17(14)18)23-13(2)20(22)15-7-5-4-6-8-15/h4-13H,3H2,1-2H3/t13-/m0/s1. The van der Waals surface area contributed by atoms with Gasteiger partial charge in [0.15, 0.2) is 6.10 Å². The molecular formula is C20H18O4. The Morgan fingerprint density at radius 2 is 1.88 bits per heavy atom. The van der Waals surface area contributed by atoms with E-state index in [2.05, 4.69) is 0 Å². The van der Waals surface area contributed by atoms with E-state index in [9.17, 15) is 9.59 Å². The maximum atomic E-state index is 12.4. The maximum Gasteiger partial charge on any atom is 0.336 e. The van der Waals surface area contributed by atoms with Gasteiger partial charge in [0, 0.05) is 23.1 Å². The number of fused-ring (bicyclic) bond motifs is 1. The summed E-state index contributed by atoms with van der Waals surface area (Å²) in [6.45, 7) is 3.69. The molecule has 1 aromatic heterocycles. The number of hydrogen-bond donors (Lipinski definition) is 0. The molecule has 0 unspecified atom stereocenters. The molecule has 0 aliphatic carbocycles. The third kappa shape index (κ3) is 3.23. The van der Waals surface area contributed by atoms with Crippen molar-refractivity contribution in [2.24, 2.45) is 0 Å². The number of aryl methyl sites for hydroxylation is 1. The molecule has 0 aliphatic heterocycles. The molecule has 0 N–H and O–H groups in total. The Morgan fingerprint density at radius 1 is 1.12 bits per heavy atom. The molecule has 4 nitrogen and oxygen atoms in total. The third-order valence-electron chi connectivity index (χ3n) is 3.92. The number of ether oxygens (including phenoxy) is 1. The van der Waals surface area contributed by atoms with Crippen molar-refractivity contribution in [2.45, 2.75) is 26.4 Å². The Kier molecular flexibility index (Phi) is 4.47. The molecule has 122 valence electrons. The van der Waals surface area contributed by atoms with Crippen molar-refractivity contribution in [3.8, 4) is 5.75 Å². The molecule has 1 heterocycles. The highest BCUT2D eigenvalue weighted by molar-refractivity contribution is 5.99. The molecule has 0 fully saturated rings. The fourth-order valence-electron chi connectivity index (χ4n) is 2.67. The lowest BCUT2D eigenvalue weighted by Crippen LogP contribution is -2.23. The predicted octanol–water partition coefficient (Wildman–Crippen LogP) is 4.01. The summed E-state index contributed by atoms with van der Waals surface area (Å²) in [4.78, 5) is 24.0. The van der Waals surface area contributed by atoms with Gasteiger partial charge in [0.25, 0.3) is 0 Å². The van der Waals surface area contributed by atoms with E-state index in [1.54, 1.807) is 31.2 Å². The number of Topliss-reactive ketones (excluding diaryl/α,β-unsaturated/α-hetero) is 1. The zero-order valence-electron chi connectivity index (χ0n) is 13.6. The lowest BCUT2D eigenvalue weighted by molar-refractivity contribution is 0.0818. The van der Waals surface area contributed by atoms with Gasteiger partial charge in [-0.15, -0.1) is 0 Å². The highest BCUT2D eigenvalue weighted by atomic mass is 16.5.